The molecule has 0 amide bonds. The van der Waals surface area contributed by atoms with Gasteiger partial charge in [0.2, 0.25) is 10.0 Å². The van der Waals surface area contributed by atoms with E-state index in [-0.39, 0.29) is 13.1 Å². The highest BCUT2D eigenvalue weighted by Crippen LogP contribution is 2.19. The van der Waals surface area contributed by atoms with E-state index in [0.29, 0.717) is 0 Å². The number of aliphatic hydroxyl groups excluding tert-OH is 1. The zero-order valence-corrected chi connectivity index (χ0v) is 10.0. The van der Waals surface area contributed by atoms with Gasteiger partial charge in [0.25, 0.3) is 0 Å². The predicted molar refractivity (Wildman–Crippen MR) is 59.3 cm³/mol. The Balaban J connectivity index is 2.31. The van der Waals surface area contributed by atoms with E-state index in [1.165, 1.54) is 0 Å². The normalized spacial score (nSPS) is 24.4. The zero-order chi connectivity index (χ0) is 13.3. The van der Waals surface area contributed by atoms with Crippen LogP contribution < -0.4 is 10.0 Å². The summed E-state index contributed by atoms with van der Waals surface area (Å²) < 4.78 is 52.5. The van der Waals surface area contributed by atoms with Crippen molar-refractivity contribution in [2.45, 2.75) is 17.0 Å². The first-order chi connectivity index (χ1) is 8.42. The molecule has 1 heterocycles. The van der Waals surface area contributed by atoms with Gasteiger partial charge in [0.1, 0.15) is 11.6 Å². The van der Waals surface area contributed by atoms with Crippen molar-refractivity contribution in [2.24, 2.45) is 0 Å². The summed E-state index contributed by atoms with van der Waals surface area (Å²) in [7, 11) is -4.34. The summed E-state index contributed by atoms with van der Waals surface area (Å²) in [5.74, 6) is -2.33. The molecule has 0 radical (unpaired) electrons. The molecule has 8 heteroatoms. The molecule has 18 heavy (non-hydrogen) atoms. The number of hydrogen-bond donors (Lipinski definition) is 3. The Morgan fingerprint density at radius 1 is 1.28 bits per heavy atom. The van der Waals surface area contributed by atoms with Crippen molar-refractivity contribution in [1.82, 2.24) is 10.0 Å². The summed E-state index contributed by atoms with van der Waals surface area (Å²) >= 11 is 0. The SMILES string of the molecule is O=S(=O)(N[C@@H]1CNC[C@H]1O)c1c(F)cccc1F. The Bertz CT molecular complexity index is 530. The molecule has 2 atom stereocenters. The van der Waals surface area contributed by atoms with Crippen LogP contribution >= 0.6 is 0 Å². The van der Waals surface area contributed by atoms with E-state index in [9.17, 15) is 22.3 Å². The van der Waals surface area contributed by atoms with Crippen molar-refractivity contribution in [3.05, 3.63) is 29.8 Å². The molecule has 1 aromatic rings. The molecule has 1 fully saturated rings. The molecule has 1 aliphatic heterocycles. The monoisotopic (exact) mass is 278 g/mol. The van der Waals surface area contributed by atoms with Crippen LogP contribution in [-0.4, -0.2) is 38.8 Å². The quantitative estimate of drug-likeness (QED) is 0.701. The lowest BCUT2D eigenvalue weighted by molar-refractivity contribution is 0.172. The Hall–Kier alpha value is -1.09. The first-order valence-electron chi connectivity index (χ1n) is 5.27. The van der Waals surface area contributed by atoms with Crippen LogP contribution in [0.4, 0.5) is 8.78 Å². The van der Waals surface area contributed by atoms with Crippen molar-refractivity contribution < 1.29 is 22.3 Å². The van der Waals surface area contributed by atoms with Crippen LogP contribution in [0.2, 0.25) is 0 Å². The molecule has 3 N–H and O–H groups in total. The molecular weight excluding hydrogens is 266 g/mol. The Morgan fingerprint density at radius 3 is 2.39 bits per heavy atom. The van der Waals surface area contributed by atoms with Gasteiger partial charge in [0, 0.05) is 13.1 Å². The fourth-order valence-corrected chi connectivity index (χ4v) is 3.19. The minimum Gasteiger partial charge on any atom is -0.390 e. The van der Waals surface area contributed by atoms with E-state index >= 15 is 0 Å². The first kappa shape index (κ1) is 13.3. The third-order valence-corrected chi connectivity index (χ3v) is 4.22. The van der Waals surface area contributed by atoms with Crippen molar-refractivity contribution >= 4 is 10.0 Å². The van der Waals surface area contributed by atoms with Gasteiger partial charge in [0.05, 0.1) is 12.1 Å². The maximum Gasteiger partial charge on any atom is 0.246 e. The number of sulfonamides is 1. The van der Waals surface area contributed by atoms with Gasteiger partial charge in [-0.3, -0.25) is 0 Å². The standard InChI is InChI=1S/C10H12F2N2O3S/c11-6-2-1-3-7(12)10(6)18(16,17)14-8-4-13-5-9(8)15/h1-3,8-9,13-15H,4-5H2/t8-,9-/m1/s1. The van der Waals surface area contributed by atoms with Gasteiger partial charge in [0.15, 0.2) is 4.90 Å². The number of nitrogens with one attached hydrogen (secondary N) is 2. The predicted octanol–water partition coefficient (Wildman–Crippen LogP) is -0.424. The number of aliphatic hydroxyl groups is 1. The van der Waals surface area contributed by atoms with Gasteiger partial charge in [-0.05, 0) is 12.1 Å². The van der Waals surface area contributed by atoms with Crippen LogP contribution in [0.25, 0.3) is 0 Å². The van der Waals surface area contributed by atoms with E-state index in [1.54, 1.807) is 0 Å². The van der Waals surface area contributed by atoms with E-state index in [0.717, 1.165) is 18.2 Å². The van der Waals surface area contributed by atoms with Gasteiger partial charge >= 0.3 is 0 Å². The first-order valence-corrected chi connectivity index (χ1v) is 6.75. The van der Waals surface area contributed by atoms with Gasteiger partial charge in [-0.25, -0.2) is 21.9 Å². The Kier molecular flexibility index (Phi) is 3.62. The zero-order valence-electron chi connectivity index (χ0n) is 9.23. The van der Waals surface area contributed by atoms with E-state index in [4.69, 9.17) is 0 Å². The fourth-order valence-electron chi connectivity index (χ4n) is 1.78. The molecule has 0 saturated carbocycles. The molecule has 2 rings (SSSR count). The molecule has 0 unspecified atom stereocenters. The molecule has 100 valence electrons. The van der Waals surface area contributed by atoms with Crippen molar-refractivity contribution in [3.8, 4) is 0 Å². The molecule has 0 aromatic heterocycles. The average Bonchev–Trinajstić information content (AvgIpc) is 2.63. The molecule has 0 spiro atoms. The summed E-state index contributed by atoms with van der Waals surface area (Å²) in [4.78, 5) is -1.02. The topological polar surface area (TPSA) is 78.4 Å². The Labute approximate surface area is 103 Å². The molecular formula is C10H12F2N2O3S. The molecule has 5 nitrogen and oxygen atoms in total. The highest BCUT2D eigenvalue weighted by atomic mass is 32.2. The van der Waals surface area contributed by atoms with Crippen LogP contribution in [0, 0.1) is 11.6 Å². The van der Waals surface area contributed by atoms with Crippen LogP contribution in [0.1, 0.15) is 0 Å². The third kappa shape index (κ3) is 2.51. The van der Waals surface area contributed by atoms with Crippen LogP contribution in [0.5, 0.6) is 0 Å². The molecule has 1 aromatic carbocycles. The summed E-state index contributed by atoms with van der Waals surface area (Å²) in [6.07, 6.45) is -0.922. The minimum absolute atomic E-state index is 0.205. The molecule has 1 saturated heterocycles. The number of hydrogen-bond acceptors (Lipinski definition) is 4. The van der Waals surface area contributed by atoms with E-state index in [2.05, 4.69) is 10.0 Å². The van der Waals surface area contributed by atoms with Crippen LogP contribution in [0.15, 0.2) is 23.1 Å². The number of rotatable bonds is 3. The van der Waals surface area contributed by atoms with E-state index in [1.807, 2.05) is 0 Å². The number of benzene rings is 1. The van der Waals surface area contributed by atoms with Crippen LogP contribution in [0.3, 0.4) is 0 Å². The van der Waals surface area contributed by atoms with Gasteiger partial charge in [-0.15, -0.1) is 0 Å². The third-order valence-electron chi connectivity index (χ3n) is 2.68. The molecule has 0 bridgehead atoms. The summed E-state index contributed by atoms with van der Waals surface area (Å²) in [6.45, 7) is 0.434. The van der Waals surface area contributed by atoms with Gasteiger partial charge in [-0.2, -0.15) is 0 Å². The largest absolute Gasteiger partial charge is 0.390 e. The van der Waals surface area contributed by atoms with Crippen molar-refractivity contribution in [1.29, 1.82) is 0 Å². The average molecular weight is 278 g/mol. The number of β-amino-alcohol motifs (C(OH)–C–C–N with tert-alkyl or cyclic N) is 1. The highest BCUT2D eigenvalue weighted by Gasteiger charge is 2.32. The second-order valence-electron chi connectivity index (χ2n) is 4.00. The van der Waals surface area contributed by atoms with E-state index < -0.39 is 38.7 Å². The summed E-state index contributed by atoms with van der Waals surface area (Å²) in [5, 5.41) is 12.2. The lowest BCUT2D eigenvalue weighted by Gasteiger charge is -2.16. The van der Waals surface area contributed by atoms with Crippen molar-refractivity contribution in [3.63, 3.8) is 0 Å². The fraction of sp³-hybridized carbons (Fsp3) is 0.400. The Morgan fingerprint density at radius 2 is 1.89 bits per heavy atom. The smallest absolute Gasteiger partial charge is 0.246 e. The second-order valence-corrected chi connectivity index (χ2v) is 5.65. The lowest BCUT2D eigenvalue weighted by atomic mass is 10.2. The van der Waals surface area contributed by atoms with Gasteiger partial charge in [-0.1, -0.05) is 6.07 Å². The second kappa shape index (κ2) is 4.88. The summed E-state index contributed by atoms with van der Waals surface area (Å²) in [6, 6.07) is 2.01. The van der Waals surface area contributed by atoms with Crippen LogP contribution in [-0.2, 0) is 10.0 Å². The maximum absolute atomic E-state index is 13.4. The maximum atomic E-state index is 13.4. The van der Waals surface area contributed by atoms with Gasteiger partial charge < -0.3 is 10.4 Å². The lowest BCUT2D eigenvalue weighted by Crippen LogP contribution is -2.43. The highest BCUT2D eigenvalue weighted by molar-refractivity contribution is 7.89. The van der Waals surface area contributed by atoms with Crippen molar-refractivity contribution in [2.75, 3.05) is 13.1 Å². The molecule has 1 aliphatic rings. The minimum atomic E-state index is -4.34. The summed E-state index contributed by atoms with van der Waals surface area (Å²) in [5.41, 5.74) is 0. The molecule has 0 aliphatic carbocycles. The number of halogens is 2.